The highest BCUT2D eigenvalue weighted by Crippen LogP contribution is 2.51. The molecule has 2 aliphatic heterocycles. The van der Waals surface area contributed by atoms with Gasteiger partial charge in [-0.1, -0.05) is 48.0 Å². The summed E-state index contributed by atoms with van der Waals surface area (Å²) in [6, 6.07) is 8.33. The molecule has 5 rings (SSSR count). The number of hydrogen-bond acceptors (Lipinski definition) is 4. The molecule has 1 amide bonds. The van der Waals surface area contributed by atoms with Crippen LogP contribution < -0.4 is 0 Å². The Morgan fingerprint density at radius 2 is 1.93 bits per heavy atom. The fourth-order valence-electron chi connectivity index (χ4n) is 5.56. The molecular formula is C21H26N2O3S2. The van der Waals surface area contributed by atoms with Crippen LogP contribution in [-0.4, -0.2) is 53.2 Å². The average Bonchev–Trinajstić information content (AvgIpc) is 3.36. The second kappa shape index (κ2) is 6.87. The lowest BCUT2D eigenvalue weighted by Gasteiger charge is -2.36. The molecule has 150 valence electrons. The number of benzene rings is 1. The van der Waals surface area contributed by atoms with E-state index in [2.05, 4.69) is 9.89 Å². The quantitative estimate of drug-likeness (QED) is 0.755. The topological polar surface area (TPSA) is 66.8 Å². The number of amidine groups is 1. The van der Waals surface area contributed by atoms with Gasteiger partial charge in [0.1, 0.15) is 0 Å². The molecule has 1 aromatic carbocycles. The molecule has 4 aliphatic rings. The van der Waals surface area contributed by atoms with E-state index in [1.165, 1.54) is 36.6 Å². The fraction of sp³-hybridized carbons (Fsp3) is 0.619. The van der Waals surface area contributed by atoms with Crippen LogP contribution in [-0.2, 0) is 21.1 Å². The van der Waals surface area contributed by atoms with E-state index in [1.54, 1.807) is 0 Å². The number of aryl methyl sites for hydroxylation is 1. The molecule has 7 heteroatoms. The zero-order chi connectivity index (χ0) is 19.5. The first-order valence-electron chi connectivity index (χ1n) is 10.2. The maximum Gasteiger partial charge on any atom is 0.252 e. The summed E-state index contributed by atoms with van der Waals surface area (Å²) in [5.74, 6) is 1.68. The number of fused-ring (bicyclic) bond motifs is 3. The molecule has 0 spiro atoms. The zero-order valence-electron chi connectivity index (χ0n) is 16.1. The van der Waals surface area contributed by atoms with Crippen LogP contribution in [0.1, 0.15) is 36.8 Å². The molecule has 0 radical (unpaired) electrons. The second-order valence-corrected chi connectivity index (χ2v) is 12.3. The summed E-state index contributed by atoms with van der Waals surface area (Å²) in [5.41, 5.74) is 2.14. The molecule has 4 fully saturated rings. The third-order valence-electron chi connectivity index (χ3n) is 6.86. The summed E-state index contributed by atoms with van der Waals surface area (Å²) in [5, 5.41) is 0.801. The molecule has 2 saturated carbocycles. The molecule has 0 unspecified atom stereocenters. The Hall–Kier alpha value is -1.34. The molecule has 28 heavy (non-hydrogen) atoms. The van der Waals surface area contributed by atoms with E-state index in [0.29, 0.717) is 18.4 Å². The van der Waals surface area contributed by atoms with Gasteiger partial charge in [-0.2, -0.15) is 4.99 Å². The molecule has 0 N–H and O–H groups in total. The maximum absolute atomic E-state index is 12.7. The van der Waals surface area contributed by atoms with Crippen molar-refractivity contribution in [1.29, 1.82) is 0 Å². The Morgan fingerprint density at radius 1 is 1.14 bits per heavy atom. The Balaban J connectivity index is 1.40. The van der Waals surface area contributed by atoms with Gasteiger partial charge in [0.25, 0.3) is 5.91 Å². The average molecular weight is 419 g/mol. The molecule has 2 saturated heterocycles. The van der Waals surface area contributed by atoms with E-state index in [-0.39, 0.29) is 28.7 Å². The summed E-state index contributed by atoms with van der Waals surface area (Å²) in [7, 11) is -2.99. The Kier molecular flexibility index (Phi) is 4.58. The first kappa shape index (κ1) is 18.7. The van der Waals surface area contributed by atoms with Crippen LogP contribution in [0.3, 0.4) is 0 Å². The Labute approximate surface area is 170 Å². The van der Waals surface area contributed by atoms with E-state index < -0.39 is 9.84 Å². The SMILES string of the molecule is Cc1ccc(CC(=O)N=C2S[C@@H]3CS(=O)(=O)C[C@H]3N2[C@H]2C[C@H]3CC[C@H]2C3)cc1. The van der Waals surface area contributed by atoms with Crippen molar-refractivity contribution in [2.24, 2.45) is 16.8 Å². The third-order valence-corrected chi connectivity index (χ3v) is 10.1. The predicted molar refractivity (Wildman–Crippen MR) is 112 cm³/mol. The normalized spacial score (nSPS) is 37.0. The monoisotopic (exact) mass is 418 g/mol. The van der Waals surface area contributed by atoms with Gasteiger partial charge in [0, 0.05) is 11.3 Å². The van der Waals surface area contributed by atoms with Gasteiger partial charge in [-0.25, -0.2) is 8.42 Å². The molecule has 5 nitrogen and oxygen atoms in total. The standard InChI is InChI=1S/C21H26N2O3S2/c1-13-2-4-14(5-3-13)10-20(24)22-21-23(17-9-15-6-7-16(17)8-15)18-11-28(25,26)12-19(18)27-21/h2-5,15-19H,6-12H2,1H3/t15-,16-,17-,18+,19+/m0/s1. The number of thioether (sulfide) groups is 1. The molecule has 0 aromatic heterocycles. The number of sulfone groups is 1. The summed E-state index contributed by atoms with van der Waals surface area (Å²) >= 11 is 1.52. The second-order valence-electron chi connectivity index (χ2n) is 8.90. The van der Waals surface area contributed by atoms with Gasteiger partial charge in [-0.15, -0.1) is 0 Å². The minimum Gasteiger partial charge on any atom is -0.343 e. The third kappa shape index (κ3) is 3.41. The highest BCUT2D eigenvalue weighted by Gasteiger charge is 2.54. The first-order valence-corrected chi connectivity index (χ1v) is 12.9. The van der Waals surface area contributed by atoms with Crippen molar-refractivity contribution in [3.05, 3.63) is 35.4 Å². The van der Waals surface area contributed by atoms with Gasteiger partial charge in [0.05, 0.1) is 24.0 Å². The summed E-state index contributed by atoms with van der Waals surface area (Å²) < 4.78 is 24.4. The first-order chi connectivity index (χ1) is 13.4. The van der Waals surface area contributed by atoms with Gasteiger partial charge >= 0.3 is 0 Å². The van der Waals surface area contributed by atoms with Crippen molar-refractivity contribution in [2.75, 3.05) is 11.5 Å². The lowest BCUT2D eigenvalue weighted by atomic mass is 9.93. The van der Waals surface area contributed by atoms with Crippen LogP contribution in [0.2, 0.25) is 0 Å². The van der Waals surface area contributed by atoms with Gasteiger partial charge in [0.15, 0.2) is 15.0 Å². The number of aliphatic imine (C=N–C) groups is 1. The number of amides is 1. The van der Waals surface area contributed by atoms with Gasteiger partial charge in [0.2, 0.25) is 0 Å². The molecule has 2 heterocycles. The lowest BCUT2D eigenvalue weighted by molar-refractivity contribution is -0.117. The number of carbonyl (C=O) groups excluding carboxylic acids is 1. The number of carbonyl (C=O) groups is 1. The molecule has 1 aromatic rings. The smallest absolute Gasteiger partial charge is 0.252 e. The van der Waals surface area contributed by atoms with E-state index >= 15 is 0 Å². The lowest BCUT2D eigenvalue weighted by Crippen LogP contribution is -2.47. The molecular weight excluding hydrogens is 392 g/mol. The molecule has 5 atom stereocenters. The fourth-order valence-corrected chi connectivity index (χ4v) is 9.55. The summed E-state index contributed by atoms with van der Waals surface area (Å²) in [6.45, 7) is 2.03. The Bertz CT molecular complexity index is 925. The van der Waals surface area contributed by atoms with Crippen molar-refractivity contribution in [3.8, 4) is 0 Å². The van der Waals surface area contributed by atoms with Crippen LogP contribution in [0, 0.1) is 18.8 Å². The zero-order valence-corrected chi connectivity index (χ0v) is 17.7. The van der Waals surface area contributed by atoms with Gasteiger partial charge < -0.3 is 4.90 Å². The summed E-state index contributed by atoms with van der Waals surface area (Å²) in [4.78, 5) is 19.4. The van der Waals surface area contributed by atoms with Gasteiger partial charge in [-0.3, -0.25) is 4.79 Å². The Morgan fingerprint density at radius 3 is 2.61 bits per heavy atom. The van der Waals surface area contributed by atoms with Crippen molar-refractivity contribution in [2.45, 2.75) is 56.4 Å². The van der Waals surface area contributed by atoms with Crippen LogP contribution in [0.15, 0.2) is 29.3 Å². The van der Waals surface area contributed by atoms with E-state index in [0.717, 1.165) is 23.1 Å². The van der Waals surface area contributed by atoms with Crippen LogP contribution in [0.25, 0.3) is 0 Å². The highest BCUT2D eigenvalue weighted by molar-refractivity contribution is 8.15. The maximum atomic E-state index is 12.7. The van der Waals surface area contributed by atoms with Crippen molar-refractivity contribution in [3.63, 3.8) is 0 Å². The van der Waals surface area contributed by atoms with E-state index in [4.69, 9.17) is 0 Å². The largest absolute Gasteiger partial charge is 0.343 e. The highest BCUT2D eigenvalue weighted by atomic mass is 32.2. The predicted octanol–water partition coefficient (Wildman–Crippen LogP) is 2.82. The summed E-state index contributed by atoms with van der Waals surface area (Å²) in [6.07, 6.45) is 5.20. The van der Waals surface area contributed by atoms with Crippen molar-refractivity contribution >= 4 is 32.7 Å². The number of rotatable bonds is 3. The molecule has 2 aliphatic carbocycles. The minimum atomic E-state index is -2.99. The van der Waals surface area contributed by atoms with Crippen LogP contribution in [0.5, 0.6) is 0 Å². The number of nitrogens with zero attached hydrogens (tertiary/aromatic N) is 2. The van der Waals surface area contributed by atoms with Crippen LogP contribution in [0.4, 0.5) is 0 Å². The van der Waals surface area contributed by atoms with Crippen LogP contribution >= 0.6 is 11.8 Å². The van der Waals surface area contributed by atoms with Crippen molar-refractivity contribution in [1.82, 2.24) is 4.90 Å². The molecule has 2 bridgehead atoms. The number of hydrogen-bond donors (Lipinski definition) is 0. The van der Waals surface area contributed by atoms with Crippen molar-refractivity contribution < 1.29 is 13.2 Å². The van der Waals surface area contributed by atoms with Gasteiger partial charge in [-0.05, 0) is 43.6 Å². The van der Waals surface area contributed by atoms with E-state index in [1.807, 2.05) is 31.2 Å². The minimum absolute atomic E-state index is 0.00900. The van der Waals surface area contributed by atoms with E-state index in [9.17, 15) is 13.2 Å².